The Hall–Kier alpha value is -2.42. The molecule has 0 atom stereocenters. The minimum absolute atomic E-state index is 0.207. The number of aromatic hydroxyl groups is 1. The lowest BCUT2D eigenvalue weighted by Crippen LogP contribution is -1.85. The summed E-state index contributed by atoms with van der Waals surface area (Å²) in [4.78, 5) is 8.44. The van der Waals surface area contributed by atoms with Crippen LogP contribution in [0.5, 0.6) is 5.75 Å². The number of aromatic nitrogens is 2. The summed E-state index contributed by atoms with van der Waals surface area (Å²) in [7, 11) is 0. The zero-order valence-corrected chi connectivity index (χ0v) is 9.04. The van der Waals surface area contributed by atoms with Gasteiger partial charge in [0.05, 0.1) is 5.69 Å². The monoisotopic (exact) mass is 222 g/mol. The number of pyridine rings is 2. The van der Waals surface area contributed by atoms with Crippen molar-refractivity contribution in [3.8, 4) is 17.0 Å². The van der Waals surface area contributed by atoms with Crippen LogP contribution in [0.1, 0.15) is 0 Å². The molecule has 0 amide bonds. The third kappa shape index (κ3) is 1.72. The number of hydrogen-bond donors (Lipinski definition) is 1. The lowest BCUT2D eigenvalue weighted by Gasteiger charge is -2.04. The van der Waals surface area contributed by atoms with E-state index in [0.717, 1.165) is 16.6 Å². The number of hydrogen-bond acceptors (Lipinski definition) is 3. The number of phenolic OH excluding ortho intramolecular Hbond substituents is 1. The van der Waals surface area contributed by atoms with E-state index in [1.807, 2.05) is 36.4 Å². The van der Waals surface area contributed by atoms with Gasteiger partial charge in [-0.3, -0.25) is 4.98 Å². The van der Waals surface area contributed by atoms with Crippen molar-refractivity contribution < 1.29 is 5.11 Å². The van der Waals surface area contributed by atoms with Crippen molar-refractivity contribution in [2.75, 3.05) is 0 Å². The summed E-state index contributed by atoms with van der Waals surface area (Å²) in [5.41, 5.74) is 2.45. The summed E-state index contributed by atoms with van der Waals surface area (Å²) in [5.74, 6) is 0.207. The summed E-state index contributed by atoms with van der Waals surface area (Å²) >= 11 is 0. The molecule has 1 N–H and O–H groups in total. The second-order valence-corrected chi connectivity index (χ2v) is 3.78. The zero-order valence-electron chi connectivity index (χ0n) is 9.04. The second kappa shape index (κ2) is 3.87. The maximum absolute atomic E-state index is 9.77. The topological polar surface area (TPSA) is 46.0 Å². The molecule has 1 aromatic carbocycles. The third-order valence-corrected chi connectivity index (χ3v) is 2.68. The predicted molar refractivity (Wildman–Crippen MR) is 66.6 cm³/mol. The zero-order chi connectivity index (χ0) is 11.7. The van der Waals surface area contributed by atoms with E-state index >= 15 is 0 Å². The van der Waals surface area contributed by atoms with Gasteiger partial charge < -0.3 is 5.11 Å². The van der Waals surface area contributed by atoms with Crippen LogP contribution in [0.3, 0.4) is 0 Å². The fraction of sp³-hybridized carbons (Fsp3) is 0. The van der Waals surface area contributed by atoms with Crippen LogP contribution in [-0.4, -0.2) is 15.1 Å². The van der Waals surface area contributed by atoms with Gasteiger partial charge in [0.15, 0.2) is 0 Å². The van der Waals surface area contributed by atoms with Crippen molar-refractivity contribution in [3.05, 3.63) is 54.9 Å². The van der Waals surface area contributed by atoms with Crippen LogP contribution in [0, 0.1) is 0 Å². The van der Waals surface area contributed by atoms with Crippen LogP contribution in [0.4, 0.5) is 0 Å². The molecule has 2 heterocycles. The molecule has 3 aromatic rings. The first-order valence-electron chi connectivity index (χ1n) is 5.34. The largest absolute Gasteiger partial charge is 0.506 e. The molecule has 0 aliphatic heterocycles. The van der Waals surface area contributed by atoms with Crippen LogP contribution >= 0.6 is 0 Å². The molecule has 3 heteroatoms. The average Bonchev–Trinajstić information content (AvgIpc) is 2.40. The van der Waals surface area contributed by atoms with Crippen LogP contribution in [0.15, 0.2) is 54.9 Å². The molecule has 0 saturated carbocycles. The highest BCUT2D eigenvalue weighted by Gasteiger charge is 2.03. The highest BCUT2D eigenvalue weighted by molar-refractivity contribution is 5.86. The van der Waals surface area contributed by atoms with Gasteiger partial charge in [0.2, 0.25) is 0 Å². The van der Waals surface area contributed by atoms with Gasteiger partial charge in [0.1, 0.15) is 11.3 Å². The average molecular weight is 222 g/mol. The Morgan fingerprint density at radius 2 is 1.71 bits per heavy atom. The molecule has 0 unspecified atom stereocenters. The first kappa shape index (κ1) is 9.78. The molecule has 0 aliphatic carbocycles. The number of para-hydroxylation sites is 1. The molecular formula is C14H10N2O. The highest BCUT2D eigenvalue weighted by atomic mass is 16.3. The van der Waals surface area contributed by atoms with Gasteiger partial charge in [-0.1, -0.05) is 18.2 Å². The minimum Gasteiger partial charge on any atom is -0.506 e. The molecular weight excluding hydrogens is 212 g/mol. The van der Waals surface area contributed by atoms with Gasteiger partial charge >= 0.3 is 0 Å². The smallest absolute Gasteiger partial charge is 0.141 e. The molecule has 0 radical (unpaired) electrons. The molecule has 3 rings (SSSR count). The Morgan fingerprint density at radius 1 is 0.882 bits per heavy atom. The number of benzene rings is 1. The fourth-order valence-corrected chi connectivity index (χ4v) is 1.81. The van der Waals surface area contributed by atoms with Gasteiger partial charge in [-0.2, -0.15) is 0 Å². The number of rotatable bonds is 1. The maximum atomic E-state index is 9.77. The van der Waals surface area contributed by atoms with Gasteiger partial charge in [-0.15, -0.1) is 0 Å². The Kier molecular flexibility index (Phi) is 2.22. The van der Waals surface area contributed by atoms with Crippen LogP contribution in [0.2, 0.25) is 0 Å². The van der Waals surface area contributed by atoms with Crippen LogP contribution in [-0.2, 0) is 0 Å². The van der Waals surface area contributed by atoms with Gasteiger partial charge in [-0.05, 0) is 24.3 Å². The molecule has 82 valence electrons. The van der Waals surface area contributed by atoms with E-state index in [9.17, 15) is 5.11 Å². The van der Waals surface area contributed by atoms with Crippen LogP contribution in [0.25, 0.3) is 22.2 Å². The summed E-state index contributed by atoms with van der Waals surface area (Å²) in [6.45, 7) is 0. The van der Waals surface area contributed by atoms with E-state index in [4.69, 9.17) is 0 Å². The SMILES string of the molecule is Oc1cccc2ccc(-c3ccncc3)nc12. The van der Waals surface area contributed by atoms with Crippen molar-refractivity contribution >= 4 is 10.9 Å². The van der Waals surface area contributed by atoms with Crippen LogP contribution < -0.4 is 0 Å². The van der Waals surface area contributed by atoms with E-state index < -0.39 is 0 Å². The molecule has 0 aliphatic rings. The Bertz CT molecular complexity index is 665. The van der Waals surface area contributed by atoms with E-state index in [1.54, 1.807) is 18.5 Å². The van der Waals surface area contributed by atoms with E-state index in [0.29, 0.717) is 5.52 Å². The summed E-state index contributed by atoms with van der Waals surface area (Å²) in [6, 6.07) is 13.1. The molecule has 0 bridgehead atoms. The first-order valence-corrected chi connectivity index (χ1v) is 5.34. The van der Waals surface area contributed by atoms with Gasteiger partial charge in [0, 0.05) is 23.3 Å². The summed E-state index contributed by atoms with van der Waals surface area (Å²) in [5, 5.41) is 10.7. The van der Waals surface area contributed by atoms with Crippen molar-refractivity contribution in [1.29, 1.82) is 0 Å². The Morgan fingerprint density at radius 3 is 2.53 bits per heavy atom. The third-order valence-electron chi connectivity index (χ3n) is 2.68. The molecule has 3 nitrogen and oxygen atoms in total. The summed E-state index contributed by atoms with van der Waals surface area (Å²) in [6.07, 6.45) is 3.46. The van der Waals surface area contributed by atoms with Gasteiger partial charge in [0.25, 0.3) is 0 Å². The molecule has 17 heavy (non-hydrogen) atoms. The minimum atomic E-state index is 0.207. The maximum Gasteiger partial charge on any atom is 0.141 e. The van der Waals surface area contributed by atoms with Gasteiger partial charge in [-0.25, -0.2) is 4.98 Å². The molecule has 0 spiro atoms. The first-order chi connectivity index (χ1) is 8.34. The second-order valence-electron chi connectivity index (χ2n) is 3.78. The molecule has 0 saturated heterocycles. The van der Waals surface area contributed by atoms with Crippen molar-refractivity contribution in [2.45, 2.75) is 0 Å². The van der Waals surface area contributed by atoms with E-state index in [-0.39, 0.29) is 5.75 Å². The van der Waals surface area contributed by atoms with E-state index in [2.05, 4.69) is 9.97 Å². The van der Waals surface area contributed by atoms with Crippen molar-refractivity contribution in [2.24, 2.45) is 0 Å². The van der Waals surface area contributed by atoms with E-state index in [1.165, 1.54) is 0 Å². The van der Waals surface area contributed by atoms with Crippen molar-refractivity contribution in [3.63, 3.8) is 0 Å². The normalized spacial score (nSPS) is 10.6. The number of phenols is 1. The number of fused-ring (bicyclic) bond motifs is 1. The Labute approximate surface area is 98.4 Å². The van der Waals surface area contributed by atoms with Crippen molar-refractivity contribution in [1.82, 2.24) is 9.97 Å². The fourth-order valence-electron chi connectivity index (χ4n) is 1.81. The number of nitrogens with zero attached hydrogens (tertiary/aromatic N) is 2. The lowest BCUT2D eigenvalue weighted by atomic mass is 10.1. The lowest BCUT2D eigenvalue weighted by molar-refractivity contribution is 0.480. The standard InChI is InChI=1S/C14H10N2O/c17-13-3-1-2-11-4-5-12(16-14(11)13)10-6-8-15-9-7-10/h1-9,17H. The molecule has 0 fully saturated rings. The quantitative estimate of drug-likeness (QED) is 0.688. The predicted octanol–water partition coefficient (Wildman–Crippen LogP) is 3.00. The molecule has 2 aromatic heterocycles. The summed E-state index contributed by atoms with van der Waals surface area (Å²) < 4.78 is 0. The highest BCUT2D eigenvalue weighted by Crippen LogP contribution is 2.25. The Balaban J connectivity index is 2.23.